The molecule has 10 aromatic rings. The van der Waals surface area contributed by atoms with Crippen molar-refractivity contribution in [1.29, 1.82) is 0 Å². The molecule has 264 valence electrons. The van der Waals surface area contributed by atoms with Gasteiger partial charge in [0.2, 0.25) is 0 Å². The minimum atomic E-state index is -1.66. The Kier molecular flexibility index (Phi) is 7.36. The van der Waals surface area contributed by atoms with Crippen molar-refractivity contribution in [2.24, 2.45) is 0 Å². The smallest absolute Gasteiger partial charge is 0.195 e. The number of hydrogen-bond donors (Lipinski definition) is 0. The van der Waals surface area contributed by atoms with Gasteiger partial charge in [-0.2, -0.15) is 0 Å². The molecule has 0 amide bonds. The highest BCUT2D eigenvalue weighted by Crippen LogP contribution is 2.46. The van der Waals surface area contributed by atoms with Crippen LogP contribution in [-0.2, 0) is 0 Å². The highest BCUT2D eigenvalue weighted by atomic mass is 19.2. The Balaban J connectivity index is 1.34. The molecule has 0 aliphatic heterocycles. The van der Waals surface area contributed by atoms with Crippen LogP contribution in [0.25, 0.3) is 93.2 Å². The van der Waals surface area contributed by atoms with Crippen molar-refractivity contribution in [2.45, 2.75) is 0 Å². The van der Waals surface area contributed by atoms with Crippen LogP contribution < -0.4 is 0 Å². The third-order valence-corrected chi connectivity index (χ3v) is 10.6. The van der Waals surface area contributed by atoms with Crippen molar-refractivity contribution >= 4 is 54.1 Å². The predicted molar refractivity (Wildman–Crippen MR) is 209 cm³/mol. The average molecular weight is 730 g/mol. The number of halogens is 6. The monoisotopic (exact) mass is 729 g/mol. The summed E-state index contributed by atoms with van der Waals surface area (Å²) < 4.78 is 90.2. The third-order valence-electron chi connectivity index (χ3n) is 10.6. The van der Waals surface area contributed by atoms with Crippen LogP contribution in [-0.4, -0.2) is 4.57 Å². The lowest BCUT2D eigenvalue weighted by Crippen LogP contribution is -1.97. The zero-order valence-electron chi connectivity index (χ0n) is 28.6. The first-order chi connectivity index (χ1) is 26.8. The van der Waals surface area contributed by atoms with Gasteiger partial charge in [-0.3, -0.25) is 0 Å². The molecule has 0 bridgehead atoms. The molecule has 0 aliphatic rings. The fraction of sp³-hybridized carbons (Fsp3) is 0. The second-order valence-corrected chi connectivity index (χ2v) is 13.6. The molecule has 9 aromatic carbocycles. The SMILES string of the molecule is Fc1ccc(-c2cc(-c3ccc4c(c3)c3c5ccccc5c5ccc6ccccc6c5c3n4-c3ccccc3)cc(-c3ccc(F)c(F)c3F)c2)c(F)c1F. The summed E-state index contributed by atoms with van der Waals surface area (Å²) in [7, 11) is 0. The Morgan fingerprint density at radius 3 is 1.56 bits per heavy atom. The maximum Gasteiger partial charge on any atom is 0.195 e. The molecule has 0 radical (unpaired) electrons. The Hall–Kier alpha value is -6.86. The fourth-order valence-corrected chi connectivity index (χ4v) is 8.12. The molecule has 0 saturated heterocycles. The van der Waals surface area contributed by atoms with E-state index in [1.165, 1.54) is 6.07 Å². The van der Waals surface area contributed by atoms with Crippen molar-refractivity contribution in [3.8, 4) is 39.1 Å². The molecule has 0 unspecified atom stereocenters. The topological polar surface area (TPSA) is 4.93 Å². The fourth-order valence-electron chi connectivity index (χ4n) is 8.12. The number of para-hydroxylation sites is 1. The average Bonchev–Trinajstić information content (AvgIpc) is 3.56. The lowest BCUT2D eigenvalue weighted by molar-refractivity contribution is 0.449. The normalized spacial score (nSPS) is 11.8. The highest BCUT2D eigenvalue weighted by Gasteiger charge is 2.23. The van der Waals surface area contributed by atoms with E-state index in [-0.39, 0.29) is 22.3 Å². The summed E-state index contributed by atoms with van der Waals surface area (Å²) >= 11 is 0. The van der Waals surface area contributed by atoms with Crippen LogP contribution in [0.5, 0.6) is 0 Å². The van der Waals surface area contributed by atoms with Crippen molar-refractivity contribution in [2.75, 3.05) is 0 Å². The van der Waals surface area contributed by atoms with E-state index in [4.69, 9.17) is 0 Å². The van der Waals surface area contributed by atoms with Crippen LogP contribution in [0.3, 0.4) is 0 Å². The molecule has 0 N–H and O–H groups in total. The summed E-state index contributed by atoms with van der Waals surface area (Å²) in [5.41, 5.74) is 3.57. The van der Waals surface area contributed by atoms with E-state index in [0.717, 1.165) is 84.1 Å². The second-order valence-electron chi connectivity index (χ2n) is 13.6. The van der Waals surface area contributed by atoms with E-state index in [1.54, 1.807) is 12.1 Å². The lowest BCUT2D eigenvalue weighted by Gasteiger charge is -2.14. The Morgan fingerprint density at radius 1 is 0.345 bits per heavy atom. The van der Waals surface area contributed by atoms with Gasteiger partial charge in [-0.15, -0.1) is 0 Å². The van der Waals surface area contributed by atoms with Crippen molar-refractivity contribution in [1.82, 2.24) is 4.57 Å². The van der Waals surface area contributed by atoms with Crippen LogP contribution >= 0.6 is 0 Å². The van der Waals surface area contributed by atoms with Gasteiger partial charge in [0.1, 0.15) is 0 Å². The zero-order chi connectivity index (χ0) is 37.5. The summed E-state index contributed by atoms with van der Waals surface area (Å²) in [5.74, 6) is -8.91. The molecule has 0 spiro atoms. The van der Waals surface area contributed by atoms with Gasteiger partial charge in [0.25, 0.3) is 0 Å². The van der Waals surface area contributed by atoms with Crippen LogP contribution in [0.1, 0.15) is 0 Å². The van der Waals surface area contributed by atoms with Crippen LogP contribution in [0.4, 0.5) is 26.3 Å². The Morgan fingerprint density at radius 2 is 0.891 bits per heavy atom. The first-order valence-electron chi connectivity index (χ1n) is 17.6. The predicted octanol–water partition coefficient (Wildman–Crippen LogP) is 14.1. The minimum Gasteiger partial charge on any atom is -0.309 e. The summed E-state index contributed by atoms with van der Waals surface area (Å²) in [6, 6.07) is 45.1. The standard InChI is InChI=1S/C48H25F6N/c49-39-19-17-33(44(51)46(39)53)29-22-28(23-30(24-29)34-18-20-40(50)47(54)45(34)52)27-15-21-41-38(25-27)43-36-13-7-6-12-35(36)37-16-14-26-8-4-5-11-32(26)42(37)48(43)55(41)31-9-2-1-3-10-31/h1-25H. The first kappa shape index (κ1) is 32.8. The van der Waals surface area contributed by atoms with Crippen molar-refractivity contribution in [3.63, 3.8) is 0 Å². The zero-order valence-corrected chi connectivity index (χ0v) is 28.6. The van der Waals surface area contributed by atoms with Crippen LogP contribution in [0.15, 0.2) is 152 Å². The van der Waals surface area contributed by atoms with E-state index < -0.39 is 34.9 Å². The molecule has 10 rings (SSSR count). The molecule has 55 heavy (non-hydrogen) atoms. The van der Waals surface area contributed by atoms with Crippen molar-refractivity contribution < 1.29 is 26.3 Å². The second kappa shape index (κ2) is 12.4. The van der Waals surface area contributed by atoms with Gasteiger partial charge in [0.15, 0.2) is 34.9 Å². The van der Waals surface area contributed by atoms with Crippen LogP contribution in [0.2, 0.25) is 0 Å². The number of aromatic nitrogens is 1. The number of nitrogens with zero attached hydrogens (tertiary/aromatic N) is 1. The maximum absolute atomic E-state index is 15.3. The maximum atomic E-state index is 15.3. The molecular formula is C48H25F6N. The van der Waals surface area contributed by atoms with Gasteiger partial charge in [-0.25, -0.2) is 26.3 Å². The first-order valence-corrected chi connectivity index (χ1v) is 17.6. The number of benzene rings is 9. The summed E-state index contributed by atoms with van der Waals surface area (Å²) in [6.07, 6.45) is 0. The Bertz CT molecular complexity index is 3140. The van der Waals surface area contributed by atoms with E-state index in [9.17, 15) is 17.6 Å². The molecule has 1 aromatic heterocycles. The number of hydrogen-bond acceptors (Lipinski definition) is 0. The molecular weight excluding hydrogens is 705 g/mol. The quantitative estimate of drug-likeness (QED) is 0.0966. The number of rotatable bonds is 4. The molecule has 0 fully saturated rings. The van der Waals surface area contributed by atoms with Gasteiger partial charge < -0.3 is 4.57 Å². The van der Waals surface area contributed by atoms with E-state index in [2.05, 4.69) is 53.1 Å². The molecule has 0 atom stereocenters. The molecule has 1 nitrogen and oxygen atoms in total. The van der Waals surface area contributed by atoms with E-state index in [0.29, 0.717) is 11.1 Å². The highest BCUT2D eigenvalue weighted by molar-refractivity contribution is 6.36. The Labute approximate surface area is 309 Å². The number of fused-ring (bicyclic) bond motifs is 10. The van der Waals surface area contributed by atoms with Gasteiger partial charge >= 0.3 is 0 Å². The largest absolute Gasteiger partial charge is 0.309 e. The summed E-state index contributed by atoms with van der Waals surface area (Å²) in [5, 5.41) is 8.36. The van der Waals surface area contributed by atoms with Crippen LogP contribution in [0, 0.1) is 34.9 Å². The van der Waals surface area contributed by atoms with E-state index >= 15 is 8.78 Å². The van der Waals surface area contributed by atoms with E-state index in [1.807, 2.05) is 60.7 Å². The summed E-state index contributed by atoms with van der Waals surface area (Å²) in [4.78, 5) is 0. The minimum absolute atomic E-state index is 0.0859. The molecule has 7 heteroatoms. The molecule has 0 aliphatic carbocycles. The summed E-state index contributed by atoms with van der Waals surface area (Å²) in [6.45, 7) is 0. The molecule has 0 saturated carbocycles. The lowest BCUT2D eigenvalue weighted by atomic mass is 9.91. The van der Waals surface area contributed by atoms with Crippen molar-refractivity contribution in [3.05, 3.63) is 187 Å². The van der Waals surface area contributed by atoms with Gasteiger partial charge in [-0.05, 0) is 116 Å². The van der Waals surface area contributed by atoms with Gasteiger partial charge in [-0.1, -0.05) is 84.9 Å². The van der Waals surface area contributed by atoms with Gasteiger partial charge in [0, 0.05) is 33.0 Å². The molecule has 1 heterocycles. The van der Waals surface area contributed by atoms with Gasteiger partial charge in [0.05, 0.1) is 11.0 Å². The third kappa shape index (κ3) is 4.96.